The Morgan fingerprint density at radius 3 is 2.62 bits per heavy atom. The SMILES string of the molecule is Cc1ccc(S(=O)(=O)Nc2cccc(C(=O)NCCc3ccccn3)c2)cc1F. The quantitative estimate of drug-likeness (QED) is 0.622. The summed E-state index contributed by atoms with van der Waals surface area (Å²) in [7, 11) is -3.98. The van der Waals surface area contributed by atoms with E-state index in [9.17, 15) is 17.6 Å². The fraction of sp³-hybridized carbons (Fsp3) is 0.143. The zero-order valence-electron chi connectivity index (χ0n) is 15.7. The van der Waals surface area contributed by atoms with Gasteiger partial charge in [0.25, 0.3) is 15.9 Å². The highest BCUT2D eigenvalue weighted by Crippen LogP contribution is 2.19. The van der Waals surface area contributed by atoms with Gasteiger partial charge in [0.05, 0.1) is 4.90 Å². The fourth-order valence-electron chi connectivity index (χ4n) is 2.63. The molecule has 0 aliphatic heterocycles. The van der Waals surface area contributed by atoms with Crippen molar-refractivity contribution in [3.8, 4) is 0 Å². The second-order valence-electron chi connectivity index (χ2n) is 6.42. The minimum atomic E-state index is -3.98. The van der Waals surface area contributed by atoms with Crippen LogP contribution < -0.4 is 10.0 Å². The molecule has 2 N–H and O–H groups in total. The van der Waals surface area contributed by atoms with Crippen LogP contribution in [-0.2, 0) is 16.4 Å². The van der Waals surface area contributed by atoms with E-state index in [0.717, 1.165) is 11.8 Å². The first kappa shape index (κ1) is 20.5. The molecular formula is C21H20FN3O3S. The molecule has 8 heteroatoms. The fourth-order valence-corrected chi connectivity index (χ4v) is 3.69. The number of anilines is 1. The van der Waals surface area contributed by atoms with E-state index in [4.69, 9.17) is 0 Å². The van der Waals surface area contributed by atoms with Crippen molar-refractivity contribution >= 4 is 21.6 Å². The minimum absolute atomic E-state index is 0.189. The van der Waals surface area contributed by atoms with Crippen molar-refractivity contribution in [2.45, 2.75) is 18.2 Å². The lowest BCUT2D eigenvalue weighted by molar-refractivity contribution is 0.0954. The Hall–Kier alpha value is -3.26. The number of carbonyl (C=O) groups is 1. The lowest BCUT2D eigenvalue weighted by atomic mass is 10.2. The van der Waals surface area contributed by atoms with Crippen LogP contribution in [0.1, 0.15) is 21.6 Å². The molecular weight excluding hydrogens is 393 g/mol. The van der Waals surface area contributed by atoms with Crippen molar-refractivity contribution in [1.29, 1.82) is 0 Å². The molecule has 0 saturated carbocycles. The average Bonchev–Trinajstić information content (AvgIpc) is 2.70. The Morgan fingerprint density at radius 1 is 1.07 bits per heavy atom. The van der Waals surface area contributed by atoms with Crippen LogP contribution in [0.2, 0.25) is 0 Å². The molecule has 29 heavy (non-hydrogen) atoms. The van der Waals surface area contributed by atoms with E-state index in [-0.39, 0.29) is 16.5 Å². The number of amides is 1. The van der Waals surface area contributed by atoms with Gasteiger partial charge in [0, 0.05) is 36.1 Å². The van der Waals surface area contributed by atoms with Crippen LogP contribution in [0, 0.1) is 12.7 Å². The van der Waals surface area contributed by atoms with Gasteiger partial charge >= 0.3 is 0 Å². The number of rotatable bonds is 7. The first-order valence-electron chi connectivity index (χ1n) is 8.92. The maximum Gasteiger partial charge on any atom is 0.261 e. The van der Waals surface area contributed by atoms with Crippen LogP contribution >= 0.6 is 0 Å². The third-order valence-corrected chi connectivity index (χ3v) is 5.60. The second kappa shape index (κ2) is 8.83. The van der Waals surface area contributed by atoms with Crippen molar-refractivity contribution in [3.05, 3.63) is 89.5 Å². The summed E-state index contributed by atoms with van der Waals surface area (Å²) >= 11 is 0. The lowest BCUT2D eigenvalue weighted by Crippen LogP contribution is -2.26. The molecule has 0 aliphatic carbocycles. The van der Waals surface area contributed by atoms with Crippen LogP contribution in [0.4, 0.5) is 10.1 Å². The van der Waals surface area contributed by atoms with Gasteiger partial charge in [-0.1, -0.05) is 18.2 Å². The van der Waals surface area contributed by atoms with Gasteiger partial charge in [0.1, 0.15) is 5.82 Å². The van der Waals surface area contributed by atoms with Gasteiger partial charge in [-0.2, -0.15) is 0 Å². The molecule has 1 aromatic heterocycles. The number of hydrogen-bond donors (Lipinski definition) is 2. The highest BCUT2D eigenvalue weighted by atomic mass is 32.2. The molecule has 6 nitrogen and oxygen atoms in total. The standard InChI is InChI=1S/C21H20FN3O3S/c1-15-8-9-19(14-20(15)22)29(27,28)25-18-7-4-5-16(13-18)21(26)24-12-10-17-6-2-3-11-23-17/h2-9,11,13-14,25H,10,12H2,1H3,(H,24,26). The third-order valence-electron chi connectivity index (χ3n) is 4.22. The summed E-state index contributed by atoms with van der Waals surface area (Å²) in [5, 5.41) is 2.78. The summed E-state index contributed by atoms with van der Waals surface area (Å²) in [4.78, 5) is 16.3. The monoisotopic (exact) mass is 413 g/mol. The molecule has 0 bridgehead atoms. The van der Waals surface area contributed by atoms with E-state index in [1.165, 1.54) is 24.3 Å². The summed E-state index contributed by atoms with van der Waals surface area (Å²) in [5.41, 5.74) is 1.73. The molecule has 0 fully saturated rings. The number of halogens is 1. The highest BCUT2D eigenvalue weighted by molar-refractivity contribution is 7.92. The van der Waals surface area contributed by atoms with Crippen LogP contribution in [0.15, 0.2) is 71.8 Å². The molecule has 0 radical (unpaired) electrons. The Balaban J connectivity index is 1.66. The summed E-state index contributed by atoms with van der Waals surface area (Å²) in [6.45, 7) is 1.95. The molecule has 3 rings (SSSR count). The van der Waals surface area contributed by atoms with Crippen LogP contribution in [-0.4, -0.2) is 25.9 Å². The summed E-state index contributed by atoms with van der Waals surface area (Å²) in [6, 6.07) is 15.4. The highest BCUT2D eigenvalue weighted by Gasteiger charge is 2.16. The Kier molecular flexibility index (Phi) is 6.23. The summed E-state index contributed by atoms with van der Waals surface area (Å²) in [6.07, 6.45) is 2.27. The van der Waals surface area contributed by atoms with Gasteiger partial charge in [-0.15, -0.1) is 0 Å². The normalized spacial score (nSPS) is 11.1. The second-order valence-corrected chi connectivity index (χ2v) is 8.11. The number of benzene rings is 2. The first-order valence-corrected chi connectivity index (χ1v) is 10.4. The number of hydrogen-bond acceptors (Lipinski definition) is 4. The zero-order chi connectivity index (χ0) is 20.9. The van der Waals surface area contributed by atoms with E-state index in [1.54, 1.807) is 25.3 Å². The Labute approximate surface area is 168 Å². The number of pyridine rings is 1. The van der Waals surface area contributed by atoms with Crippen LogP contribution in [0.5, 0.6) is 0 Å². The van der Waals surface area contributed by atoms with Crippen LogP contribution in [0.25, 0.3) is 0 Å². The summed E-state index contributed by atoms with van der Waals surface area (Å²) in [5.74, 6) is -0.933. The minimum Gasteiger partial charge on any atom is -0.352 e. The molecule has 1 heterocycles. The topological polar surface area (TPSA) is 88.2 Å². The van der Waals surface area contributed by atoms with Crippen molar-refractivity contribution in [3.63, 3.8) is 0 Å². The number of aromatic nitrogens is 1. The molecule has 1 amide bonds. The van der Waals surface area contributed by atoms with Gasteiger partial charge in [-0.3, -0.25) is 14.5 Å². The van der Waals surface area contributed by atoms with Crippen molar-refractivity contribution in [1.82, 2.24) is 10.3 Å². The van der Waals surface area contributed by atoms with Gasteiger partial charge < -0.3 is 5.32 Å². The lowest BCUT2D eigenvalue weighted by Gasteiger charge is -2.10. The average molecular weight is 413 g/mol. The van der Waals surface area contributed by atoms with E-state index >= 15 is 0 Å². The summed E-state index contributed by atoms with van der Waals surface area (Å²) < 4.78 is 41.1. The molecule has 150 valence electrons. The van der Waals surface area contributed by atoms with Crippen molar-refractivity contribution < 1.29 is 17.6 Å². The number of aryl methyl sites for hydroxylation is 1. The van der Waals surface area contributed by atoms with Gasteiger partial charge in [0.2, 0.25) is 0 Å². The van der Waals surface area contributed by atoms with Crippen molar-refractivity contribution in [2.24, 2.45) is 0 Å². The molecule has 2 aromatic carbocycles. The number of carbonyl (C=O) groups excluding carboxylic acids is 1. The number of nitrogens with one attached hydrogen (secondary N) is 2. The van der Waals surface area contributed by atoms with Crippen molar-refractivity contribution in [2.75, 3.05) is 11.3 Å². The maximum atomic E-state index is 13.7. The maximum absolute atomic E-state index is 13.7. The Morgan fingerprint density at radius 2 is 1.90 bits per heavy atom. The van der Waals surface area contributed by atoms with E-state index < -0.39 is 15.8 Å². The molecule has 0 aliphatic rings. The molecule has 0 unspecified atom stereocenters. The van der Waals surface area contributed by atoms with Gasteiger partial charge in [0.15, 0.2) is 0 Å². The predicted octanol–water partition coefficient (Wildman–Crippen LogP) is 3.30. The molecule has 0 atom stereocenters. The third kappa shape index (κ3) is 5.39. The van der Waals surface area contributed by atoms with Gasteiger partial charge in [-0.05, 0) is 55.0 Å². The van der Waals surface area contributed by atoms with E-state index in [2.05, 4.69) is 15.0 Å². The smallest absolute Gasteiger partial charge is 0.261 e. The first-order chi connectivity index (χ1) is 13.8. The molecule has 3 aromatic rings. The predicted molar refractivity (Wildman–Crippen MR) is 109 cm³/mol. The largest absolute Gasteiger partial charge is 0.352 e. The Bertz CT molecular complexity index is 1120. The van der Waals surface area contributed by atoms with Crippen LogP contribution in [0.3, 0.4) is 0 Å². The zero-order valence-corrected chi connectivity index (χ0v) is 16.5. The van der Waals surface area contributed by atoms with E-state index in [1.807, 2.05) is 18.2 Å². The number of sulfonamides is 1. The van der Waals surface area contributed by atoms with Gasteiger partial charge in [-0.25, -0.2) is 12.8 Å². The molecule has 0 spiro atoms. The molecule has 0 saturated heterocycles. The number of nitrogens with zero attached hydrogens (tertiary/aromatic N) is 1. The van der Waals surface area contributed by atoms with E-state index in [0.29, 0.717) is 24.1 Å².